The number of nitrogens with zero attached hydrogens (tertiary/aromatic N) is 1. The zero-order valence-corrected chi connectivity index (χ0v) is 17.4. The number of carbonyl (C=O) groups is 2. The van der Waals surface area contributed by atoms with Crippen LogP contribution < -0.4 is 9.64 Å². The van der Waals surface area contributed by atoms with Crippen molar-refractivity contribution >= 4 is 17.4 Å². The number of fused-ring (bicyclic) bond motifs is 1. The van der Waals surface area contributed by atoms with Gasteiger partial charge in [0.15, 0.2) is 5.60 Å². The van der Waals surface area contributed by atoms with Crippen LogP contribution in [0.15, 0.2) is 42.5 Å². The monoisotopic (exact) mass is 395 g/mol. The van der Waals surface area contributed by atoms with E-state index >= 15 is 0 Å². The minimum absolute atomic E-state index is 0.227. The lowest BCUT2D eigenvalue weighted by atomic mass is 9.89. The number of benzene rings is 2. The third kappa shape index (κ3) is 4.35. The van der Waals surface area contributed by atoms with E-state index in [2.05, 4.69) is 6.92 Å². The molecule has 0 radical (unpaired) electrons. The van der Waals surface area contributed by atoms with Crippen LogP contribution in [0.25, 0.3) is 0 Å². The van der Waals surface area contributed by atoms with Crippen LogP contribution in [0.4, 0.5) is 5.69 Å². The first-order chi connectivity index (χ1) is 13.9. The molecule has 0 aliphatic carbocycles. The van der Waals surface area contributed by atoms with E-state index in [0.717, 1.165) is 36.1 Å². The van der Waals surface area contributed by atoms with Crippen molar-refractivity contribution in [3.63, 3.8) is 0 Å². The van der Waals surface area contributed by atoms with Gasteiger partial charge in [0.1, 0.15) is 11.5 Å². The molecule has 0 fully saturated rings. The Labute approximate surface area is 172 Å². The second-order valence-electron chi connectivity index (χ2n) is 7.81. The van der Waals surface area contributed by atoms with Crippen molar-refractivity contribution < 1.29 is 19.4 Å². The quantitative estimate of drug-likeness (QED) is 0.644. The second-order valence-corrected chi connectivity index (χ2v) is 7.81. The van der Waals surface area contributed by atoms with Crippen LogP contribution in [0.1, 0.15) is 56.2 Å². The highest BCUT2D eigenvalue weighted by Gasteiger charge is 2.50. The van der Waals surface area contributed by atoms with Crippen molar-refractivity contribution in [3.8, 4) is 5.75 Å². The maximum absolute atomic E-state index is 13.2. The molecule has 2 aromatic carbocycles. The minimum Gasteiger partial charge on any atom is -0.493 e. The molecule has 5 heteroatoms. The number of rotatable bonds is 9. The minimum atomic E-state index is -1.82. The van der Waals surface area contributed by atoms with Crippen LogP contribution in [0.2, 0.25) is 0 Å². The predicted octanol–water partition coefficient (Wildman–Crippen LogP) is 4.28. The van der Waals surface area contributed by atoms with Crippen molar-refractivity contribution in [2.24, 2.45) is 0 Å². The number of amides is 1. The molecule has 1 unspecified atom stereocenters. The number of aryl methyl sites for hydroxylation is 1. The van der Waals surface area contributed by atoms with Gasteiger partial charge >= 0.3 is 0 Å². The van der Waals surface area contributed by atoms with Gasteiger partial charge in [-0.15, -0.1) is 0 Å². The molecule has 3 rings (SSSR count). The lowest BCUT2D eigenvalue weighted by Crippen LogP contribution is -2.41. The molecule has 1 N–H and O–H groups in total. The Balaban J connectivity index is 1.91. The Kier molecular flexibility index (Phi) is 6.38. The topological polar surface area (TPSA) is 66.8 Å². The number of ketones is 1. The zero-order chi connectivity index (χ0) is 21.0. The smallest absolute Gasteiger partial charge is 0.264 e. The molecule has 0 spiro atoms. The Morgan fingerprint density at radius 3 is 2.66 bits per heavy atom. The molecule has 1 atom stereocenters. The second kappa shape index (κ2) is 8.78. The summed E-state index contributed by atoms with van der Waals surface area (Å²) >= 11 is 0. The Bertz CT molecular complexity index is 908. The summed E-state index contributed by atoms with van der Waals surface area (Å²) in [6, 6.07) is 13.2. The first-order valence-electron chi connectivity index (χ1n) is 10.2. The van der Waals surface area contributed by atoms with Crippen molar-refractivity contribution in [3.05, 3.63) is 59.2 Å². The summed E-state index contributed by atoms with van der Waals surface area (Å²) in [5.74, 6) is 0.0518. The van der Waals surface area contributed by atoms with Crippen LogP contribution in [-0.4, -0.2) is 23.4 Å². The van der Waals surface area contributed by atoms with Crippen LogP contribution in [0.3, 0.4) is 0 Å². The van der Waals surface area contributed by atoms with Gasteiger partial charge in [-0.3, -0.25) is 9.59 Å². The SMILES string of the molecule is CCCCCOc1ccccc1CN1C(=O)C(O)(CC(C)=O)c2cc(C)ccc21. The van der Waals surface area contributed by atoms with Crippen molar-refractivity contribution in [1.29, 1.82) is 0 Å². The molecule has 1 aliphatic rings. The maximum Gasteiger partial charge on any atom is 0.264 e. The van der Waals surface area contributed by atoms with Crippen LogP contribution in [0, 0.1) is 6.92 Å². The Hall–Kier alpha value is -2.66. The molecule has 1 aliphatic heterocycles. The molecule has 0 aromatic heterocycles. The Morgan fingerprint density at radius 1 is 1.17 bits per heavy atom. The van der Waals surface area contributed by atoms with Gasteiger partial charge in [0.05, 0.1) is 18.8 Å². The van der Waals surface area contributed by atoms with Crippen molar-refractivity contribution in [2.45, 2.75) is 58.6 Å². The first-order valence-corrected chi connectivity index (χ1v) is 10.2. The largest absolute Gasteiger partial charge is 0.493 e. The highest BCUT2D eigenvalue weighted by Crippen LogP contribution is 2.44. The molecule has 1 amide bonds. The molecule has 29 heavy (non-hydrogen) atoms. The number of unbranched alkanes of at least 4 members (excludes halogenated alkanes) is 2. The van der Waals surface area contributed by atoms with E-state index in [0.29, 0.717) is 17.9 Å². The Morgan fingerprint density at radius 2 is 1.93 bits per heavy atom. The summed E-state index contributed by atoms with van der Waals surface area (Å²) in [7, 11) is 0. The molecule has 1 heterocycles. The van der Waals surface area contributed by atoms with Gasteiger partial charge in [-0.2, -0.15) is 0 Å². The fourth-order valence-corrected chi connectivity index (χ4v) is 3.83. The predicted molar refractivity (Wildman–Crippen MR) is 113 cm³/mol. The number of hydrogen-bond acceptors (Lipinski definition) is 4. The maximum atomic E-state index is 13.2. The van der Waals surface area contributed by atoms with E-state index in [-0.39, 0.29) is 18.7 Å². The molecular formula is C24H29NO4. The molecule has 0 bridgehead atoms. The van der Waals surface area contributed by atoms with E-state index in [1.807, 2.05) is 43.3 Å². The summed E-state index contributed by atoms with van der Waals surface area (Å²) in [4.78, 5) is 26.6. The zero-order valence-electron chi connectivity index (χ0n) is 17.4. The number of carbonyl (C=O) groups excluding carboxylic acids is 2. The number of anilines is 1. The number of aliphatic hydroxyl groups is 1. The van der Waals surface area contributed by atoms with E-state index in [9.17, 15) is 14.7 Å². The molecule has 0 saturated heterocycles. The molecule has 154 valence electrons. The number of ether oxygens (including phenoxy) is 1. The highest BCUT2D eigenvalue weighted by atomic mass is 16.5. The van der Waals surface area contributed by atoms with Crippen LogP contribution in [0.5, 0.6) is 5.75 Å². The fourth-order valence-electron chi connectivity index (χ4n) is 3.83. The normalized spacial score (nSPS) is 18.1. The van der Waals surface area contributed by atoms with Gasteiger partial charge in [0, 0.05) is 17.5 Å². The summed E-state index contributed by atoms with van der Waals surface area (Å²) < 4.78 is 5.95. The van der Waals surface area contributed by atoms with E-state index in [1.165, 1.54) is 6.92 Å². The molecule has 0 saturated carbocycles. The number of hydrogen-bond donors (Lipinski definition) is 1. The van der Waals surface area contributed by atoms with Crippen molar-refractivity contribution in [1.82, 2.24) is 0 Å². The summed E-state index contributed by atoms with van der Waals surface area (Å²) in [6.45, 7) is 6.35. The number of para-hydroxylation sites is 1. The van der Waals surface area contributed by atoms with Crippen LogP contribution in [-0.2, 0) is 21.7 Å². The highest BCUT2D eigenvalue weighted by molar-refractivity contribution is 6.08. The van der Waals surface area contributed by atoms with E-state index in [4.69, 9.17) is 4.74 Å². The average molecular weight is 395 g/mol. The van der Waals surface area contributed by atoms with Gasteiger partial charge in [-0.1, -0.05) is 55.7 Å². The van der Waals surface area contributed by atoms with Gasteiger partial charge in [0.25, 0.3) is 5.91 Å². The molecule has 5 nitrogen and oxygen atoms in total. The standard InChI is InChI=1S/C24H29NO4/c1-4-5-8-13-29-22-10-7-6-9-19(22)16-25-21-12-11-17(2)14-20(21)24(28,23(25)27)15-18(3)26/h6-7,9-12,14,28H,4-5,8,13,15-16H2,1-3H3. The van der Waals surface area contributed by atoms with E-state index in [1.54, 1.807) is 11.0 Å². The van der Waals surface area contributed by atoms with E-state index < -0.39 is 11.5 Å². The lowest BCUT2D eigenvalue weighted by molar-refractivity contribution is -0.141. The van der Waals surface area contributed by atoms with Crippen molar-refractivity contribution in [2.75, 3.05) is 11.5 Å². The average Bonchev–Trinajstić information content (AvgIpc) is 2.87. The lowest BCUT2D eigenvalue weighted by Gasteiger charge is -2.23. The third-order valence-corrected chi connectivity index (χ3v) is 5.30. The van der Waals surface area contributed by atoms with Gasteiger partial charge in [-0.25, -0.2) is 0 Å². The summed E-state index contributed by atoms with van der Waals surface area (Å²) in [5.41, 5.74) is 1.13. The molecule has 2 aromatic rings. The van der Waals surface area contributed by atoms with Crippen LogP contribution >= 0.6 is 0 Å². The summed E-state index contributed by atoms with van der Waals surface area (Å²) in [5, 5.41) is 11.2. The number of Topliss-reactive ketones (excluding diaryl/α,β-unsaturated/α-hetero) is 1. The fraction of sp³-hybridized carbons (Fsp3) is 0.417. The van der Waals surface area contributed by atoms with Gasteiger partial charge in [-0.05, 0) is 32.4 Å². The summed E-state index contributed by atoms with van der Waals surface area (Å²) in [6.07, 6.45) is 2.98. The molecular weight excluding hydrogens is 366 g/mol. The van der Waals surface area contributed by atoms with Gasteiger partial charge < -0.3 is 14.7 Å². The first kappa shape index (κ1) is 21.1. The van der Waals surface area contributed by atoms with Gasteiger partial charge in [0.2, 0.25) is 0 Å². The third-order valence-electron chi connectivity index (χ3n) is 5.30.